The lowest BCUT2D eigenvalue weighted by Gasteiger charge is -2.07. The summed E-state index contributed by atoms with van der Waals surface area (Å²) in [7, 11) is 0. The van der Waals surface area contributed by atoms with Crippen molar-refractivity contribution in [2.24, 2.45) is 5.10 Å². The average molecular weight is 347 g/mol. The smallest absolute Gasteiger partial charge is 0.191 e. The van der Waals surface area contributed by atoms with Crippen LogP contribution in [-0.4, -0.2) is 11.3 Å². The molecular weight excluding hydrogens is 330 g/mol. The van der Waals surface area contributed by atoms with Gasteiger partial charge in [0.1, 0.15) is 11.5 Å². The molecule has 0 heterocycles. The minimum atomic E-state index is 0.430. The first-order chi connectivity index (χ1) is 12.3. The summed E-state index contributed by atoms with van der Waals surface area (Å²) in [5, 5.41) is 7.64. The summed E-state index contributed by atoms with van der Waals surface area (Å²) in [4.78, 5) is 0. The molecule has 124 valence electrons. The molecule has 0 unspecified atom stereocenters. The molecule has 5 heteroatoms. The van der Waals surface area contributed by atoms with E-state index < -0.39 is 0 Å². The van der Waals surface area contributed by atoms with E-state index in [1.54, 1.807) is 6.21 Å². The Labute approximate surface area is 152 Å². The van der Waals surface area contributed by atoms with Crippen LogP contribution >= 0.6 is 12.2 Å². The van der Waals surface area contributed by atoms with Crippen molar-refractivity contribution in [3.8, 4) is 11.5 Å². The van der Waals surface area contributed by atoms with Gasteiger partial charge in [0, 0.05) is 5.69 Å². The van der Waals surface area contributed by atoms with Crippen molar-refractivity contribution < 1.29 is 4.74 Å². The van der Waals surface area contributed by atoms with Crippen molar-refractivity contribution in [1.29, 1.82) is 0 Å². The van der Waals surface area contributed by atoms with Crippen LogP contribution in [0.25, 0.3) is 0 Å². The summed E-state index contributed by atoms with van der Waals surface area (Å²) in [5.74, 6) is 1.54. The molecule has 0 aliphatic heterocycles. The fourth-order valence-corrected chi connectivity index (χ4v) is 2.30. The number of nitrogens with one attached hydrogen (secondary N) is 2. The van der Waals surface area contributed by atoms with Gasteiger partial charge in [0.15, 0.2) is 5.11 Å². The number of nitrogens with zero attached hydrogens (tertiary/aromatic N) is 1. The van der Waals surface area contributed by atoms with E-state index in [9.17, 15) is 0 Å². The van der Waals surface area contributed by atoms with Gasteiger partial charge >= 0.3 is 0 Å². The number of hydrogen-bond acceptors (Lipinski definition) is 3. The second-order valence-electron chi connectivity index (χ2n) is 5.18. The van der Waals surface area contributed by atoms with E-state index in [1.807, 2.05) is 84.9 Å². The molecule has 0 fully saturated rings. The van der Waals surface area contributed by atoms with Crippen LogP contribution in [0.1, 0.15) is 5.56 Å². The normalized spacial score (nSPS) is 10.4. The van der Waals surface area contributed by atoms with Crippen molar-refractivity contribution in [2.45, 2.75) is 0 Å². The Morgan fingerprint density at radius 2 is 1.52 bits per heavy atom. The Morgan fingerprint density at radius 1 is 0.840 bits per heavy atom. The SMILES string of the molecule is S=C(NN=Cc1cccc(Oc2ccccc2)c1)Nc1ccccc1. The van der Waals surface area contributed by atoms with E-state index in [0.717, 1.165) is 22.7 Å². The third-order valence-corrected chi connectivity index (χ3v) is 3.44. The largest absolute Gasteiger partial charge is 0.457 e. The molecule has 0 bridgehead atoms. The maximum atomic E-state index is 5.81. The van der Waals surface area contributed by atoms with Gasteiger partial charge in [-0.3, -0.25) is 5.43 Å². The second-order valence-corrected chi connectivity index (χ2v) is 5.59. The molecule has 0 saturated carbocycles. The lowest BCUT2D eigenvalue weighted by atomic mass is 10.2. The molecule has 0 radical (unpaired) electrons. The molecule has 3 aromatic rings. The first-order valence-electron chi connectivity index (χ1n) is 7.78. The fraction of sp³-hybridized carbons (Fsp3) is 0. The molecule has 25 heavy (non-hydrogen) atoms. The Balaban J connectivity index is 1.56. The molecule has 3 rings (SSSR count). The minimum absolute atomic E-state index is 0.430. The summed E-state index contributed by atoms with van der Waals surface area (Å²) in [6.45, 7) is 0. The van der Waals surface area contributed by atoms with Crippen LogP contribution in [0.5, 0.6) is 11.5 Å². The Morgan fingerprint density at radius 3 is 2.28 bits per heavy atom. The van der Waals surface area contributed by atoms with Crippen molar-refractivity contribution in [3.05, 3.63) is 90.5 Å². The number of rotatable bonds is 5. The highest BCUT2D eigenvalue weighted by atomic mass is 32.1. The first kappa shape index (κ1) is 16.7. The molecule has 3 aromatic carbocycles. The monoisotopic (exact) mass is 347 g/mol. The number of thiocarbonyl (C=S) groups is 1. The average Bonchev–Trinajstić information content (AvgIpc) is 2.64. The van der Waals surface area contributed by atoms with Gasteiger partial charge in [0.05, 0.1) is 6.21 Å². The highest BCUT2D eigenvalue weighted by Crippen LogP contribution is 2.21. The minimum Gasteiger partial charge on any atom is -0.457 e. The molecule has 0 aromatic heterocycles. The van der Waals surface area contributed by atoms with Gasteiger partial charge in [-0.05, 0) is 54.2 Å². The number of hydrazone groups is 1. The van der Waals surface area contributed by atoms with Crippen LogP contribution in [0.4, 0.5) is 5.69 Å². The molecule has 0 atom stereocenters. The van der Waals surface area contributed by atoms with Gasteiger partial charge in [-0.25, -0.2) is 0 Å². The van der Waals surface area contributed by atoms with E-state index in [2.05, 4.69) is 15.8 Å². The van der Waals surface area contributed by atoms with E-state index in [0.29, 0.717) is 5.11 Å². The summed E-state index contributed by atoms with van der Waals surface area (Å²) in [6, 6.07) is 27.0. The Bertz CT molecular complexity index is 851. The topological polar surface area (TPSA) is 45.7 Å². The zero-order valence-electron chi connectivity index (χ0n) is 13.4. The standard InChI is InChI=1S/C20H17N3OS/c25-20(22-17-9-3-1-4-10-17)23-21-15-16-8-7-13-19(14-16)24-18-11-5-2-6-12-18/h1-15H,(H2,22,23,25). The molecular formula is C20H17N3OS. The lowest BCUT2D eigenvalue weighted by Crippen LogP contribution is -2.23. The number of hydrogen-bond donors (Lipinski definition) is 2. The van der Waals surface area contributed by atoms with Gasteiger partial charge in [0.2, 0.25) is 0 Å². The van der Waals surface area contributed by atoms with E-state index in [4.69, 9.17) is 17.0 Å². The van der Waals surface area contributed by atoms with Crippen LogP contribution in [-0.2, 0) is 0 Å². The van der Waals surface area contributed by atoms with Crippen LogP contribution < -0.4 is 15.5 Å². The summed E-state index contributed by atoms with van der Waals surface area (Å²) < 4.78 is 5.81. The Hall–Kier alpha value is -3.18. The lowest BCUT2D eigenvalue weighted by molar-refractivity contribution is 0.482. The molecule has 0 spiro atoms. The third kappa shape index (κ3) is 5.44. The van der Waals surface area contributed by atoms with Crippen molar-refractivity contribution in [2.75, 3.05) is 5.32 Å². The zero-order chi connectivity index (χ0) is 17.3. The van der Waals surface area contributed by atoms with Gasteiger partial charge in [-0.1, -0.05) is 48.5 Å². The van der Waals surface area contributed by atoms with E-state index in [-0.39, 0.29) is 0 Å². The predicted molar refractivity (Wildman–Crippen MR) is 106 cm³/mol. The predicted octanol–water partition coefficient (Wildman–Crippen LogP) is 4.80. The van der Waals surface area contributed by atoms with Crippen LogP contribution in [0.2, 0.25) is 0 Å². The first-order valence-corrected chi connectivity index (χ1v) is 8.18. The maximum absolute atomic E-state index is 5.81. The maximum Gasteiger partial charge on any atom is 0.191 e. The number of anilines is 1. The highest BCUT2D eigenvalue weighted by molar-refractivity contribution is 7.80. The second kappa shape index (κ2) is 8.61. The number of benzene rings is 3. The molecule has 2 N–H and O–H groups in total. The van der Waals surface area contributed by atoms with Crippen LogP contribution in [0.3, 0.4) is 0 Å². The summed E-state index contributed by atoms with van der Waals surface area (Å²) in [5.41, 5.74) is 4.61. The fourth-order valence-electron chi connectivity index (χ4n) is 2.13. The van der Waals surface area contributed by atoms with Crippen molar-refractivity contribution >= 4 is 29.2 Å². The van der Waals surface area contributed by atoms with Crippen LogP contribution in [0, 0.1) is 0 Å². The van der Waals surface area contributed by atoms with Crippen LogP contribution in [0.15, 0.2) is 90.0 Å². The molecule has 0 aliphatic rings. The van der Waals surface area contributed by atoms with Crippen molar-refractivity contribution in [1.82, 2.24) is 5.43 Å². The van der Waals surface area contributed by atoms with E-state index >= 15 is 0 Å². The van der Waals surface area contributed by atoms with E-state index in [1.165, 1.54) is 0 Å². The van der Waals surface area contributed by atoms with Gasteiger partial charge < -0.3 is 10.1 Å². The van der Waals surface area contributed by atoms with Gasteiger partial charge in [0.25, 0.3) is 0 Å². The van der Waals surface area contributed by atoms with Gasteiger partial charge in [-0.2, -0.15) is 5.10 Å². The highest BCUT2D eigenvalue weighted by Gasteiger charge is 1.98. The number of para-hydroxylation sites is 2. The molecule has 4 nitrogen and oxygen atoms in total. The van der Waals surface area contributed by atoms with Crippen molar-refractivity contribution in [3.63, 3.8) is 0 Å². The Kier molecular flexibility index (Phi) is 5.74. The quantitative estimate of drug-likeness (QED) is 0.395. The zero-order valence-corrected chi connectivity index (χ0v) is 14.2. The summed E-state index contributed by atoms with van der Waals surface area (Å²) in [6.07, 6.45) is 1.69. The van der Waals surface area contributed by atoms with Gasteiger partial charge in [-0.15, -0.1) is 0 Å². The molecule has 0 saturated heterocycles. The molecule has 0 amide bonds. The molecule has 0 aliphatic carbocycles. The number of ether oxygens (including phenoxy) is 1. The third-order valence-electron chi connectivity index (χ3n) is 3.25. The summed E-state index contributed by atoms with van der Waals surface area (Å²) >= 11 is 5.20.